The summed E-state index contributed by atoms with van der Waals surface area (Å²) in [5, 5.41) is 0. The molecule has 0 spiro atoms. The van der Waals surface area contributed by atoms with Crippen LogP contribution in [0.1, 0.15) is 59.3 Å². The van der Waals surface area contributed by atoms with Crippen molar-refractivity contribution in [2.45, 2.75) is 59.3 Å². The second kappa shape index (κ2) is 29.2. The van der Waals surface area contributed by atoms with Gasteiger partial charge < -0.3 is 0 Å². The zero-order valence-corrected chi connectivity index (χ0v) is 11.1. The van der Waals surface area contributed by atoms with E-state index < -0.39 is 0 Å². The first-order valence-corrected chi connectivity index (χ1v) is 6.07. The summed E-state index contributed by atoms with van der Waals surface area (Å²) in [6.45, 7) is 17.0. The highest BCUT2D eigenvalue weighted by atomic mass is 13.8. The fourth-order valence-corrected chi connectivity index (χ4v) is 0.553. The Bertz CT molecular complexity index is 111. The molecule has 0 aliphatic heterocycles. The largest absolute Gasteiger partial charge is 0.103 e. The average Bonchev–Trinajstić information content (AvgIpc) is 2.28. The van der Waals surface area contributed by atoms with E-state index in [9.17, 15) is 0 Å². The van der Waals surface area contributed by atoms with Gasteiger partial charge in [-0.1, -0.05) is 58.3 Å². The van der Waals surface area contributed by atoms with Crippen molar-refractivity contribution in [3.63, 3.8) is 0 Å². The van der Waals surface area contributed by atoms with Gasteiger partial charge in [0.2, 0.25) is 0 Å². The summed E-state index contributed by atoms with van der Waals surface area (Å²) in [5.41, 5.74) is 0. The molecule has 0 amide bonds. The standard InChI is InChI=1S/C6H12.C5H10.C4H8/c1-3-5-6-4-2;1-3-5-4-2;1-3-4-2/h3H,1,4-6H2,2H3;3H,1,4-5H2,2H3;3H,1,4H2,2H3. The quantitative estimate of drug-likeness (QED) is 0.377. The second-order valence-electron chi connectivity index (χ2n) is 3.21. The van der Waals surface area contributed by atoms with Gasteiger partial charge in [-0.3, -0.25) is 0 Å². The van der Waals surface area contributed by atoms with Crippen LogP contribution in [-0.2, 0) is 0 Å². The third kappa shape index (κ3) is 61.1. The lowest BCUT2D eigenvalue weighted by Crippen LogP contribution is -1.61. The van der Waals surface area contributed by atoms with Crippen molar-refractivity contribution >= 4 is 0 Å². The molecule has 0 aliphatic rings. The number of rotatable bonds is 6. The molecule has 0 rings (SSSR count). The smallest absolute Gasteiger partial charge is 0.0354 e. The van der Waals surface area contributed by atoms with Gasteiger partial charge >= 0.3 is 0 Å². The molecule has 0 heteroatoms. The van der Waals surface area contributed by atoms with E-state index in [1.807, 2.05) is 18.2 Å². The summed E-state index contributed by atoms with van der Waals surface area (Å²) in [6, 6.07) is 0. The molecule has 0 saturated carbocycles. The van der Waals surface area contributed by atoms with Crippen molar-refractivity contribution in [1.82, 2.24) is 0 Å². The van der Waals surface area contributed by atoms with Crippen LogP contribution in [0.4, 0.5) is 0 Å². The Balaban J connectivity index is -0.000000147. The molecule has 0 radical (unpaired) electrons. The molecule has 15 heavy (non-hydrogen) atoms. The van der Waals surface area contributed by atoms with Crippen molar-refractivity contribution in [1.29, 1.82) is 0 Å². The summed E-state index contributed by atoms with van der Waals surface area (Å²) in [7, 11) is 0. The first kappa shape index (κ1) is 19.7. The Morgan fingerprint density at radius 1 is 0.733 bits per heavy atom. The van der Waals surface area contributed by atoms with Crippen LogP contribution < -0.4 is 0 Å². The van der Waals surface area contributed by atoms with Gasteiger partial charge in [-0.2, -0.15) is 0 Å². The average molecular weight is 210 g/mol. The molecule has 0 aromatic rings. The van der Waals surface area contributed by atoms with Gasteiger partial charge in [-0.15, -0.1) is 19.7 Å². The summed E-state index contributed by atoms with van der Waals surface area (Å²) >= 11 is 0. The Kier molecular flexibility index (Phi) is 38.5. The van der Waals surface area contributed by atoms with Crippen LogP contribution in [-0.4, -0.2) is 0 Å². The minimum absolute atomic E-state index is 1.08. The van der Waals surface area contributed by atoms with Crippen LogP contribution in [0.5, 0.6) is 0 Å². The van der Waals surface area contributed by atoms with Crippen LogP contribution in [0.25, 0.3) is 0 Å². The third-order valence-electron chi connectivity index (χ3n) is 1.54. The van der Waals surface area contributed by atoms with Gasteiger partial charge in [0.05, 0.1) is 0 Å². The summed E-state index contributed by atoms with van der Waals surface area (Å²) < 4.78 is 0. The molecule has 0 aromatic heterocycles. The van der Waals surface area contributed by atoms with Crippen LogP contribution >= 0.6 is 0 Å². The number of hydrogen-bond acceptors (Lipinski definition) is 0. The Morgan fingerprint density at radius 3 is 1.27 bits per heavy atom. The zero-order chi connectivity index (χ0) is 12.4. The summed E-state index contributed by atoms with van der Waals surface area (Å²) in [6.07, 6.45) is 13.0. The van der Waals surface area contributed by atoms with Gasteiger partial charge in [-0.25, -0.2) is 0 Å². The molecule has 0 aliphatic carbocycles. The molecule has 0 aromatic carbocycles. The van der Waals surface area contributed by atoms with E-state index in [1.165, 1.54) is 25.7 Å². The lowest BCUT2D eigenvalue weighted by molar-refractivity contribution is 0.816. The zero-order valence-electron chi connectivity index (χ0n) is 11.1. The lowest BCUT2D eigenvalue weighted by atomic mass is 10.3. The first-order valence-electron chi connectivity index (χ1n) is 6.07. The maximum atomic E-state index is 3.60. The molecule has 0 nitrogen and oxygen atoms in total. The molecule has 0 N–H and O–H groups in total. The molecule has 0 fully saturated rings. The van der Waals surface area contributed by atoms with Gasteiger partial charge in [-0.05, 0) is 19.3 Å². The molecule has 0 atom stereocenters. The van der Waals surface area contributed by atoms with E-state index in [1.54, 1.807) is 0 Å². The van der Waals surface area contributed by atoms with E-state index in [-0.39, 0.29) is 0 Å². The van der Waals surface area contributed by atoms with Gasteiger partial charge in [0.15, 0.2) is 0 Å². The highest BCUT2D eigenvalue weighted by Gasteiger charge is 1.71. The predicted octanol–water partition coefficient (Wildman–Crippen LogP) is 5.92. The second-order valence-corrected chi connectivity index (χ2v) is 3.21. The molecular formula is C15H30. The molecule has 90 valence electrons. The molecule has 0 unspecified atom stereocenters. The van der Waals surface area contributed by atoms with Crippen LogP contribution in [0, 0.1) is 0 Å². The topological polar surface area (TPSA) is 0 Å². The van der Waals surface area contributed by atoms with Crippen LogP contribution in [0.2, 0.25) is 0 Å². The number of unbranched alkanes of at least 4 members (excludes halogenated alkanes) is 3. The summed E-state index contributed by atoms with van der Waals surface area (Å²) in [5.74, 6) is 0. The Hall–Kier alpha value is -0.780. The lowest BCUT2D eigenvalue weighted by Gasteiger charge is -1.81. The highest BCUT2D eigenvalue weighted by molar-refractivity contribution is 4.64. The molecule has 0 bridgehead atoms. The van der Waals surface area contributed by atoms with E-state index in [0.717, 1.165) is 12.8 Å². The number of hydrogen-bond donors (Lipinski definition) is 0. The van der Waals surface area contributed by atoms with Crippen molar-refractivity contribution in [2.24, 2.45) is 0 Å². The van der Waals surface area contributed by atoms with Crippen molar-refractivity contribution < 1.29 is 0 Å². The summed E-state index contributed by atoms with van der Waals surface area (Å²) in [4.78, 5) is 0. The van der Waals surface area contributed by atoms with Gasteiger partial charge in [0.1, 0.15) is 0 Å². The van der Waals surface area contributed by atoms with Crippen molar-refractivity contribution in [3.05, 3.63) is 38.0 Å². The van der Waals surface area contributed by atoms with Crippen LogP contribution in [0.15, 0.2) is 38.0 Å². The Labute approximate surface area is 97.8 Å². The minimum atomic E-state index is 1.08. The van der Waals surface area contributed by atoms with E-state index in [2.05, 4.69) is 40.5 Å². The van der Waals surface area contributed by atoms with Crippen molar-refractivity contribution in [2.75, 3.05) is 0 Å². The molecular weight excluding hydrogens is 180 g/mol. The van der Waals surface area contributed by atoms with E-state index >= 15 is 0 Å². The normalized spacial score (nSPS) is 7.40. The van der Waals surface area contributed by atoms with Gasteiger partial charge in [0, 0.05) is 0 Å². The van der Waals surface area contributed by atoms with Crippen LogP contribution in [0.3, 0.4) is 0 Å². The Morgan fingerprint density at radius 2 is 1.20 bits per heavy atom. The van der Waals surface area contributed by atoms with E-state index in [0.29, 0.717) is 0 Å². The first-order chi connectivity index (χ1) is 7.24. The van der Waals surface area contributed by atoms with Crippen molar-refractivity contribution in [3.8, 4) is 0 Å². The number of allylic oxidation sites excluding steroid dienone is 3. The monoisotopic (exact) mass is 210 g/mol. The predicted molar refractivity (Wildman–Crippen MR) is 75.3 cm³/mol. The van der Waals surface area contributed by atoms with E-state index in [4.69, 9.17) is 0 Å². The maximum Gasteiger partial charge on any atom is -0.0354 e. The SMILES string of the molecule is C=CCC.C=CCCC.C=CCCCC. The highest BCUT2D eigenvalue weighted by Crippen LogP contribution is 1.91. The minimum Gasteiger partial charge on any atom is -0.103 e. The van der Waals surface area contributed by atoms with Gasteiger partial charge in [0.25, 0.3) is 0 Å². The molecule has 0 saturated heterocycles. The fraction of sp³-hybridized carbons (Fsp3) is 0.600. The molecule has 0 heterocycles. The third-order valence-corrected chi connectivity index (χ3v) is 1.54. The maximum absolute atomic E-state index is 3.60. The fourth-order valence-electron chi connectivity index (χ4n) is 0.553.